The first-order valence-corrected chi connectivity index (χ1v) is 6.59. The molecule has 0 unspecified atom stereocenters. The molecule has 0 saturated carbocycles. The average Bonchev–Trinajstić information content (AvgIpc) is 2.63. The summed E-state index contributed by atoms with van der Waals surface area (Å²) in [6.07, 6.45) is 0. The van der Waals surface area contributed by atoms with Crippen molar-refractivity contribution in [3.63, 3.8) is 0 Å². The molecule has 1 rings (SSSR count). The van der Waals surface area contributed by atoms with E-state index in [1.54, 1.807) is 11.8 Å². The predicted molar refractivity (Wildman–Crippen MR) is 72.9 cm³/mol. The summed E-state index contributed by atoms with van der Waals surface area (Å²) in [5.41, 5.74) is 10.5. The Morgan fingerprint density at radius 1 is 1.35 bits per heavy atom. The minimum absolute atomic E-state index is 0.150. The van der Waals surface area contributed by atoms with Gasteiger partial charge in [0.15, 0.2) is 5.96 Å². The Morgan fingerprint density at radius 2 is 2.06 bits per heavy atom. The van der Waals surface area contributed by atoms with Crippen LogP contribution in [0, 0.1) is 0 Å². The highest BCUT2D eigenvalue weighted by Crippen LogP contribution is 2.16. The van der Waals surface area contributed by atoms with Crippen LogP contribution in [-0.4, -0.2) is 37.3 Å². The molecule has 0 bridgehead atoms. The largest absolute Gasteiger partial charge is 0.464 e. The van der Waals surface area contributed by atoms with Crippen LogP contribution in [0.25, 0.3) is 0 Å². The molecule has 0 aliphatic carbocycles. The van der Waals surface area contributed by atoms with Crippen LogP contribution in [0.3, 0.4) is 0 Å². The van der Waals surface area contributed by atoms with E-state index in [4.69, 9.17) is 15.9 Å². The minimum Gasteiger partial charge on any atom is -0.464 e. The number of aliphatic imine (C=N–C) groups is 1. The SMILES string of the molecule is CN(C)Cc1ccc(CSCCN=C(N)N)o1. The van der Waals surface area contributed by atoms with Gasteiger partial charge in [0, 0.05) is 5.75 Å². The smallest absolute Gasteiger partial charge is 0.185 e. The number of nitrogens with two attached hydrogens (primary N) is 2. The molecule has 96 valence electrons. The Labute approximate surface area is 106 Å². The molecule has 6 heteroatoms. The summed E-state index contributed by atoms with van der Waals surface area (Å²) in [7, 11) is 4.04. The number of nitrogens with zero attached hydrogens (tertiary/aromatic N) is 2. The van der Waals surface area contributed by atoms with Crippen LogP contribution in [0.4, 0.5) is 0 Å². The molecule has 0 spiro atoms. The van der Waals surface area contributed by atoms with E-state index < -0.39 is 0 Å². The summed E-state index contributed by atoms with van der Waals surface area (Å²) in [5, 5.41) is 0. The Hall–Kier alpha value is -1.14. The summed E-state index contributed by atoms with van der Waals surface area (Å²) in [6.45, 7) is 1.48. The first-order valence-electron chi connectivity index (χ1n) is 5.43. The van der Waals surface area contributed by atoms with Crippen molar-refractivity contribution in [3.8, 4) is 0 Å². The van der Waals surface area contributed by atoms with Crippen LogP contribution >= 0.6 is 11.8 Å². The van der Waals surface area contributed by atoms with Crippen molar-refractivity contribution in [2.45, 2.75) is 12.3 Å². The van der Waals surface area contributed by atoms with Gasteiger partial charge in [-0.1, -0.05) is 0 Å². The maximum absolute atomic E-state index is 5.67. The zero-order valence-electron chi connectivity index (χ0n) is 10.3. The second-order valence-corrected chi connectivity index (χ2v) is 5.07. The summed E-state index contributed by atoms with van der Waals surface area (Å²) in [6, 6.07) is 4.04. The van der Waals surface area contributed by atoms with Crippen LogP contribution in [0.1, 0.15) is 11.5 Å². The fraction of sp³-hybridized carbons (Fsp3) is 0.545. The fourth-order valence-electron chi connectivity index (χ4n) is 1.31. The van der Waals surface area contributed by atoms with Gasteiger partial charge >= 0.3 is 0 Å². The highest BCUT2D eigenvalue weighted by Gasteiger charge is 2.03. The summed E-state index contributed by atoms with van der Waals surface area (Å²) in [5.74, 6) is 3.89. The van der Waals surface area contributed by atoms with E-state index in [-0.39, 0.29) is 5.96 Å². The molecular weight excluding hydrogens is 236 g/mol. The summed E-state index contributed by atoms with van der Waals surface area (Å²) < 4.78 is 5.67. The van der Waals surface area contributed by atoms with Gasteiger partial charge in [-0.3, -0.25) is 4.99 Å². The van der Waals surface area contributed by atoms with Gasteiger partial charge in [-0.05, 0) is 26.2 Å². The Kier molecular flexibility index (Phi) is 5.93. The molecule has 1 heterocycles. The molecule has 1 aromatic rings. The fourth-order valence-corrected chi connectivity index (χ4v) is 2.03. The van der Waals surface area contributed by atoms with E-state index in [1.807, 2.05) is 26.2 Å². The second kappa shape index (κ2) is 7.24. The molecule has 0 amide bonds. The number of rotatable bonds is 7. The standard InChI is InChI=1S/C11H20N4OS/c1-15(2)7-9-3-4-10(16-9)8-17-6-5-14-11(12)13/h3-4H,5-8H2,1-2H3,(H4,12,13,14). The molecular formula is C11H20N4OS. The first kappa shape index (κ1) is 13.9. The second-order valence-electron chi connectivity index (χ2n) is 3.96. The van der Waals surface area contributed by atoms with Crippen LogP contribution in [0.2, 0.25) is 0 Å². The van der Waals surface area contributed by atoms with E-state index in [0.29, 0.717) is 6.54 Å². The average molecular weight is 256 g/mol. The molecule has 0 aliphatic rings. The molecule has 0 aromatic carbocycles. The molecule has 0 saturated heterocycles. The van der Waals surface area contributed by atoms with Gasteiger partial charge in [-0.2, -0.15) is 11.8 Å². The number of hydrogen-bond donors (Lipinski definition) is 2. The van der Waals surface area contributed by atoms with Crippen molar-refractivity contribution in [3.05, 3.63) is 23.7 Å². The van der Waals surface area contributed by atoms with E-state index >= 15 is 0 Å². The molecule has 4 N–H and O–H groups in total. The van der Waals surface area contributed by atoms with Gasteiger partial charge in [0.05, 0.1) is 18.8 Å². The van der Waals surface area contributed by atoms with E-state index in [9.17, 15) is 0 Å². The first-order chi connectivity index (χ1) is 8.08. The quantitative estimate of drug-likeness (QED) is 0.429. The van der Waals surface area contributed by atoms with Crippen LogP contribution < -0.4 is 11.5 Å². The monoisotopic (exact) mass is 256 g/mol. The van der Waals surface area contributed by atoms with Gasteiger partial charge in [0.2, 0.25) is 0 Å². The van der Waals surface area contributed by atoms with Crippen molar-refractivity contribution in [2.24, 2.45) is 16.5 Å². The lowest BCUT2D eigenvalue weighted by Crippen LogP contribution is -2.23. The number of furan rings is 1. The van der Waals surface area contributed by atoms with E-state index in [2.05, 4.69) is 9.89 Å². The topological polar surface area (TPSA) is 80.8 Å². The third kappa shape index (κ3) is 6.23. The van der Waals surface area contributed by atoms with Gasteiger partial charge in [-0.25, -0.2) is 0 Å². The molecule has 17 heavy (non-hydrogen) atoms. The van der Waals surface area contributed by atoms with Crippen molar-refractivity contribution < 1.29 is 4.42 Å². The Morgan fingerprint density at radius 3 is 2.71 bits per heavy atom. The summed E-state index contributed by atoms with van der Waals surface area (Å²) in [4.78, 5) is 5.99. The zero-order chi connectivity index (χ0) is 12.7. The highest BCUT2D eigenvalue weighted by molar-refractivity contribution is 7.98. The molecule has 0 atom stereocenters. The highest BCUT2D eigenvalue weighted by atomic mass is 32.2. The van der Waals surface area contributed by atoms with Crippen molar-refractivity contribution >= 4 is 17.7 Å². The van der Waals surface area contributed by atoms with E-state index in [0.717, 1.165) is 29.6 Å². The Balaban J connectivity index is 2.23. The predicted octanol–water partition coefficient (Wildman–Crippen LogP) is 0.848. The zero-order valence-corrected chi connectivity index (χ0v) is 11.2. The molecule has 0 radical (unpaired) electrons. The maximum atomic E-state index is 5.67. The number of thioether (sulfide) groups is 1. The normalized spacial score (nSPS) is 10.8. The van der Waals surface area contributed by atoms with Gasteiger partial charge < -0.3 is 20.8 Å². The van der Waals surface area contributed by atoms with Crippen LogP contribution in [-0.2, 0) is 12.3 Å². The lowest BCUT2D eigenvalue weighted by molar-refractivity contribution is 0.344. The van der Waals surface area contributed by atoms with Crippen LogP contribution in [0.5, 0.6) is 0 Å². The third-order valence-electron chi connectivity index (χ3n) is 1.96. The third-order valence-corrected chi connectivity index (χ3v) is 2.92. The van der Waals surface area contributed by atoms with Crippen molar-refractivity contribution in [2.75, 3.05) is 26.4 Å². The van der Waals surface area contributed by atoms with Gasteiger partial charge in [-0.15, -0.1) is 0 Å². The van der Waals surface area contributed by atoms with Gasteiger partial charge in [0.1, 0.15) is 11.5 Å². The van der Waals surface area contributed by atoms with Gasteiger partial charge in [0.25, 0.3) is 0 Å². The minimum atomic E-state index is 0.150. The van der Waals surface area contributed by atoms with E-state index in [1.165, 1.54) is 0 Å². The van der Waals surface area contributed by atoms with Crippen molar-refractivity contribution in [1.29, 1.82) is 0 Å². The Bertz CT molecular complexity index is 358. The molecule has 0 aliphatic heterocycles. The lowest BCUT2D eigenvalue weighted by atomic mass is 10.4. The molecule has 5 nitrogen and oxygen atoms in total. The molecule has 1 aromatic heterocycles. The lowest BCUT2D eigenvalue weighted by Gasteiger charge is -2.05. The summed E-state index contributed by atoms with van der Waals surface area (Å²) >= 11 is 1.76. The number of hydrogen-bond acceptors (Lipinski definition) is 4. The van der Waals surface area contributed by atoms with Crippen molar-refractivity contribution in [1.82, 2.24) is 4.90 Å². The number of guanidine groups is 1. The van der Waals surface area contributed by atoms with Crippen LogP contribution in [0.15, 0.2) is 21.5 Å². The molecule has 0 fully saturated rings. The maximum Gasteiger partial charge on any atom is 0.185 e.